The minimum atomic E-state index is -0.828. The number of aromatic nitrogens is 1. The highest BCUT2D eigenvalue weighted by molar-refractivity contribution is 6.02. The number of nitrogens with zero attached hydrogens (tertiary/aromatic N) is 3. The lowest BCUT2D eigenvalue weighted by atomic mass is 9.88. The molecular weight excluding hydrogens is 476 g/mol. The van der Waals surface area contributed by atoms with Crippen molar-refractivity contribution in [3.63, 3.8) is 0 Å². The lowest BCUT2D eigenvalue weighted by molar-refractivity contribution is -0.138. The van der Waals surface area contributed by atoms with Gasteiger partial charge in [-0.2, -0.15) is 5.26 Å². The van der Waals surface area contributed by atoms with Crippen LogP contribution in [0.5, 0.6) is 0 Å². The third-order valence-electron chi connectivity index (χ3n) is 7.52. The first-order valence-corrected chi connectivity index (χ1v) is 13.0. The predicted molar refractivity (Wildman–Crippen MR) is 145 cm³/mol. The largest absolute Gasteiger partial charge is 0.480 e. The number of carbonyl (C=O) groups excluding carboxylic acids is 1. The van der Waals surface area contributed by atoms with Crippen LogP contribution in [0.2, 0.25) is 0 Å². The smallest absolute Gasteiger partial charge is 0.317 e. The Morgan fingerprint density at radius 2 is 1.84 bits per heavy atom. The van der Waals surface area contributed by atoms with Crippen LogP contribution < -0.4 is 5.32 Å². The first-order chi connectivity index (χ1) is 18.5. The van der Waals surface area contributed by atoms with Crippen LogP contribution in [0.25, 0.3) is 17.3 Å². The fraction of sp³-hybridized carbons (Fsp3) is 0.290. The number of aliphatic carboxylic acids is 1. The molecule has 2 heterocycles. The average Bonchev–Trinajstić information content (AvgIpc) is 3.41. The van der Waals surface area contributed by atoms with Crippen molar-refractivity contribution >= 4 is 18.0 Å². The molecule has 5 rings (SSSR count). The summed E-state index contributed by atoms with van der Waals surface area (Å²) in [6, 6.07) is 23.7. The Morgan fingerprint density at radius 1 is 1.05 bits per heavy atom. The van der Waals surface area contributed by atoms with Crippen LogP contribution in [-0.4, -0.2) is 40.0 Å². The van der Waals surface area contributed by atoms with Crippen LogP contribution in [0.4, 0.5) is 0 Å². The molecule has 2 aromatic carbocycles. The van der Waals surface area contributed by atoms with Gasteiger partial charge >= 0.3 is 5.97 Å². The first-order valence-electron chi connectivity index (χ1n) is 13.0. The molecule has 0 unspecified atom stereocenters. The van der Waals surface area contributed by atoms with Crippen molar-refractivity contribution in [3.8, 4) is 17.3 Å². The van der Waals surface area contributed by atoms with Crippen LogP contribution in [0.3, 0.4) is 0 Å². The van der Waals surface area contributed by atoms with E-state index >= 15 is 0 Å². The van der Waals surface area contributed by atoms with Gasteiger partial charge in [0.25, 0.3) is 5.91 Å². The summed E-state index contributed by atoms with van der Waals surface area (Å²) in [5.74, 6) is -1.22. The van der Waals surface area contributed by atoms with E-state index in [-0.39, 0.29) is 12.1 Å². The summed E-state index contributed by atoms with van der Waals surface area (Å²) in [7, 11) is 0. The minimum absolute atomic E-state index is 0.0200. The summed E-state index contributed by atoms with van der Waals surface area (Å²) in [6.45, 7) is 1.32. The number of hydrogen-bond acceptors (Lipinski definition) is 5. The number of rotatable bonds is 7. The normalized spacial score (nSPS) is 16.9. The standard InChI is InChI=1S/C31H30N4O3/c32-19-24(30(38)34-31(14-4-5-15-31)26-7-2-1-3-8-26)18-27-9-6-10-28(33-27)23-12-11-22-13-16-35(21-29(36)37)20-25(22)17-23/h1-3,6-12,17-18H,4-5,13-16,20-21H2,(H,34,38)(H,36,37)/b24-18+. The predicted octanol–water partition coefficient (Wildman–Crippen LogP) is 4.68. The second-order valence-electron chi connectivity index (χ2n) is 10.1. The molecule has 0 bridgehead atoms. The maximum absolute atomic E-state index is 13.3. The van der Waals surface area contributed by atoms with Crippen molar-refractivity contribution in [1.82, 2.24) is 15.2 Å². The molecule has 3 aromatic rings. The average molecular weight is 507 g/mol. The molecule has 7 nitrogen and oxygen atoms in total. The molecule has 7 heteroatoms. The third kappa shape index (κ3) is 5.51. The molecule has 1 amide bonds. The monoisotopic (exact) mass is 506 g/mol. The van der Waals surface area contributed by atoms with E-state index in [9.17, 15) is 14.9 Å². The molecule has 192 valence electrons. The second-order valence-corrected chi connectivity index (χ2v) is 10.1. The van der Waals surface area contributed by atoms with Crippen molar-refractivity contribution in [2.75, 3.05) is 13.1 Å². The topological polar surface area (TPSA) is 106 Å². The van der Waals surface area contributed by atoms with E-state index in [0.29, 0.717) is 12.2 Å². The molecule has 1 saturated carbocycles. The number of benzene rings is 2. The number of pyridine rings is 1. The molecule has 1 fully saturated rings. The molecule has 1 aliphatic carbocycles. The van der Waals surface area contributed by atoms with E-state index in [0.717, 1.165) is 61.0 Å². The zero-order valence-corrected chi connectivity index (χ0v) is 21.2. The van der Waals surface area contributed by atoms with Gasteiger partial charge in [0.2, 0.25) is 0 Å². The molecule has 0 atom stereocenters. The van der Waals surface area contributed by atoms with Crippen LogP contribution in [0, 0.1) is 11.3 Å². The van der Waals surface area contributed by atoms with Gasteiger partial charge in [0, 0.05) is 18.7 Å². The minimum Gasteiger partial charge on any atom is -0.480 e. The van der Waals surface area contributed by atoms with E-state index in [4.69, 9.17) is 10.1 Å². The number of nitriles is 1. The van der Waals surface area contributed by atoms with Crippen LogP contribution in [0.1, 0.15) is 48.1 Å². The molecule has 0 spiro atoms. The van der Waals surface area contributed by atoms with E-state index in [1.165, 1.54) is 5.56 Å². The molecule has 0 radical (unpaired) electrons. The highest BCUT2D eigenvalue weighted by atomic mass is 16.4. The Hall–Kier alpha value is -4.28. The SMILES string of the molecule is N#C/C(=C\c1cccc(-c2ccc3c(c2)CN(CC(=O)O)CC3)n1)C(=O)NC1(c2ccccc2)CCCC1. The summed E-state index contributed by atoms with van der Waals surface area (Å²) in [4.78, 5) is 31.0. The van der Waals surface area contributed by atoms with Crippen molar-refractivity contribution < 1.29 is 14.7 Å². The van der Waals surface area contributed by atoms with Crippen molar-refractivity contribution in [2.24, 2.45) is 0 Å². The second kappa shape index (κ2) is 11.0. The van der Waals surface area contributed by atoms with Crippen molar-refractivity contribution in [2.45, 2.75) is 44.2 Å². The molecule has 2 N–H and O–H groups in total. The molecule has 1 aromatic heterocycles. The van der Waals surface area contributed by atoms with Crippen molar-refractivity contribution in [3.05, 3.63) is 94.7 Å². The van der Waals surface area contributed by atoms with Gasteiger partial charge in [-0.1, -0.05) is 61.4 Å². The maximum atomic E-state index is 13.3. The first kappa shape index (κ1) is 25.4. The Bertz CT molecular complexity index is 1420. The summed E-state index contributed by atoms with van der Waals surface area (Å²) in [5, 5.41) is 22.2. The third-order valence-corrected chi connectivity index (χ3v) is 7.52. The summed E-state index contributed by atoms with van der Waals surface area (Å²) < 4.78 is 0. The van der Waals surface area contributed by atoms with Crippen molar-refractivity contribution in [1.29, 1.82) is 5.26 Å². The van der Waals surface area contributed by atoms with E-state index < -0.39 is 17.4 Å². The Labute approximate surface area is 222 Å². The zero-order valence-electron chi connectivity index (χ0n) is 21.2. The fourth-order valence-corrected chi connectivity index (χ4v) is 5.60. The van der Waals surface area contributed by atoms with Gasteiger partial charge in [0.15, 0.2) is 0 Å². The lowest BCUT2D eigenvalue weighted by Gasteiger charge is -2.31. The quantitative estimate of drug-likeness (QED) is 0.356. The Morgan fingerprint density at radius 3 is 2.58 bits per heavy atom. The zero-order chi connectivity index (χ0) is 26.5. The van der Waals surface area contributed by atoms with Crippen LogP contribution >= 0.6 is 0 Å². The summed E-state index contributed by atoms with van der Waals surface area (Å²) in [5.41, 5.74) is 5.11. The number of fused-ring (bicyclic) bond motifs is 1. The number of hydrogen-bond donors (Lipinski definition) is 2. The summed E-state index contributed by atoms with van der Waals surface area (Å²) in [6.07, 6.45) is 6.09. The molecule has 0 saturated heterocycles. The number of carboxylic acid groups (broad SMARTS) is 1. The van der Waals surface area contributed by atoms with Gasteiger partial charge < -0.3 is 10.4 Å². The maximum Gasteiger partial charge on any atom is 0.317 e. The van der Waals surface area contributed by atoms with Crippen LogP contribution in [0.15, 0.2) is 72.3 Å². The number of amides is 1. The van der Waals surface area contributed by atoms with Gasteiger partial charge in [0.1, 0.15) is 11.6 Å². The summed E-state index contributed by atoms with van der Waals surface area (Å²) >= 11 is 0. The lowest BCUT2D eigenvalue weighted by Crippen LogP contribution is -2.44. The highest BCUT2D eigenvalue weighted by Crippen LogP contribution is 2.39. The fourth-order valence-electron chi connectivity index (χ4n) is 5.60. The Kier molecular flexibility index (Phi) is 7.34. The molecule has 1 aliphatic heterocycles. The van der Waals surface area contributed by atoms with E-state index in [1.54, 1.807) is 12.1 Å². The van der Waals surface area contributed by atoms with Gasteiger partial charge in [-0.05, 0) is 60.2 Å². The number of carbonyl (C=O) groups is 2. The number of carboxylic acids is 1. The Balaban J connectivity index is 1.37. The van der Waals surface area contributed by atoms with Gasteiger partial charge in [-0.15, -0.1) is 0 Å². The van der Waals surface area contributed by atoms with Gasteiger partial charge in [-0.25, -0.2) is 4.98 Å². The molecular formula is C31H30N4O3. The van der Waals surface area contributed by atoms with E-state index in [1.807, 2.05) is 53.4 Å². The van der Waals surface area contributed by atoms with Gasteiger partial charge in [-0.3, -0.25) is 14.5 Å². The van der Waals surface area contributed by atoms with Crippen LogP contribution in [-0.2, 0) is 28.1 Å². The van der Waals surface area contributed by atoms with E-state index in [2.05, 4.69) is 23.5 Å². The molecule has 38 heavy (non-hydrogen) atoms. The number of nitrogens with one attached hydrogen (secondary N) is 1. The highest BCUT2D eigenvalue weighted by Gasteiger charge is 2.37. The van der Waals surface area contributed by atoms with Gasteiger partial charge in [0.05, 0.1) is 23.5 Å². The molecule has 2 aliphatic rings.